The zero-order valence-corrected chi connectivity index (χ0v) is 13.9. The summed E-state index contributed by atoms with van der Waals surface area (Å²) in [4.78, 5) is 12.6. The van der Waals surface area contributed by atoms with Gasteiger partial charge in [0.2, 0.25) is 0 Å². The summed E-state index contributed by atoms with van der Waals surface area (Å²) in [6, 6.07) is 10.8. The number of carbonyl (C=O) groups excluding carboxylic acids is 1. The van der Waals surface area contributed by atoms with Gasteiger partial charge in [0.05, 0.1) is 13.7 Å². The first-order chi connectivity index (χ1) is 10.1. The fourth-order valence-electron chi connectivity index (χ4n) is 2.05. The highest BCUT2D eigenvalue weighted by molar-refractivity contribution is 9.10. The Labute approximate surface area is 133 Å². The van der Waals surface area contributed by atoms with Crippen molar-refractivity contribution in [2.24, 2.45) is 0 Å². The van der Waals surface area contributed by atoms with Gasteiger partial charge in [-0.3, -0.25) is 4.79 Å². The maximum Gasteiger partial charge on any atom is 0.194 e. The number of hydrogen-bond acceptors (Lipinski definition) is 3. The smallest absolute Gasteiger partial charge is 0.194 e. The largest absolute Gasteiger partial charge is 0.496 e. The highest BCUT2D eigenvalue weighted by Crippen LogP contribution is 2.27. The molecule has 0 heterocycles. The molecule has 0 aliphatic heterocycles. The van der Waals surface area contributed by atoms with Crippen molar-refractivity contribution in [1.82, 2.24) is 0 Å². The standard InChI is InChI=1S/C17H17BrO3/c1-4-21-13-7-8-14(15(18)10-13)17(19)12-6-5-11(2)16(9-12)20-3/h5-10H,4H2,1-3H3. The monoisotopic (exact) mass is 348 g/mol. The van der Waals surface area contributed by atoms with Crippen LogP contribution in [-0.4, -0.2) is 19.5 Å². The number of ether oxygens (including phenoxy) is 2. The lowest BCUT2D eigenvalue weighted by Gasteiger charge is -2.09. The summed E-state index contributed by atoms with van der Waals surface area (Å²) in [7, 11) is 1.60. The van der Waals surface area contributed by atoms with Gasteiger partial charge in [0.1, 0.15) is 11.5 Å². The van der Waals surface area contributed by atoms with Crippen LogP contribution in [0.3, 0.4) is 0 Å². The van der Waals surface area contributed by atoms with Gasteiger partial charge in [0.25, 0.3) is 0 Å². The van der Waals surface area contributed by atoms with Gasteiger partial charge in [-0.25, -0.2) is 0 Å². The topological polar surface area (TPSA) is 35.5 Å². The van der Waals surface area contributed by atoms with Crippen molar-refractivity contribution in [2.45, 2.75) is 13.8 Å². The summed E-state index contributed by atoms with van der Waals surface area (Å²) >= 11 is 3.43. The van der Waals surface area contributed by atoms with Crippen LogP contribution in [0.25, 0.3) is 0 Å². The third-order valence-electron chi connectivity index (χ3n) is 3.17. The van der Waals surface area contributed by atoms with Crippen LogP contribution in [0.5, 0.6) is 11.5 Å². The van der Waals surface area contributed by atoms with Gasteiger partial charge in [-0.2, -0.15) is 0 Å². The Hall–Kier alpha value is -1.81. The lowest BCUT2D eigenvalue weighted by atomic mass is 10.0. The predicted molar refractivity (Wildman–Crippen MR) is 86.5 cm³/mol. The Morgan fingerprint density at radius 1 is 1.19 bits per heavy atom. The Bertz CT molecular complexity index is 665. The molecule has 0 atom stereocenters. The van der Waals surface area contributed by atoms with Crippen molar-refractivity contribution in [1.29, 1.82) is 0 Å². The zero-order valence-electron chi connectivity index (χ0n) is 12.3. The van der Waals surface area contributed by atoms with E-state index in [1.807, 2.05) is 32.0 Å². The Kier molecular flexibility index (Phi) is 5.02. The molecule has 2 aromatic carbocycles. The van der Waals surface area contributed by atoms with E-state index in [2.05, 4.69) is 15.9 Å². The van der Waals surface area contributed by atoms with E-state index >= 15 is 0 Å². The molecule has 110 valence electrons. The number of benzene rings is 2. The molecule has 0 N–H and O–H groups in total. The molecule has 2 rings (SSSR count). The molecule has 2 aromatic rings. The number of aryl methyl sites for hydroxylation is 1. The summed E-state index contributed by atoms with van der Waals surface area (Å²) in [6.45, 7) is 4.46. The highest BCUT2D eigenvalue weighted by Gasteiger charge is 2.14. The van der Waals surface area contributed by atoms with Crippen molar-refractivity contribution in [3.8, 4) is 11.5 Å². The summed E-state index contributed by atoms with van der Waals surface area (Å²) in [6.07, 6.45) is 0. The molecule has 0 saturated carbocycles. The Balaban J connectivity index is 2.36. The minimum Gasteiger partial charge on any atom is -0.496 e. The Morgan fingerprint density at radius 2 is 1.95 bits per heavy atom. The molecule has 0 bridgehead atoms. The lowest BCUT2D eigenvalue weighted by molar-refractivity contribution is 0.103. The van der Waals surface area contributed by atoms with E-state index in [-0.39, 0.29) is 5.78 Å². The van der Waals surface area contributed by atoms with Crippen LogP contribution >= 0.6 is 15.9 Å². The second-order valence-corrected chi connectivity index (χ2v) is 5.44. The van der Waals surface area contributed by atoms with Crippen molar-refractivity contribution >= 4 is 21.7 Å². The molecule has 0 saturated heterocycles. The van der Waals surface area contributed by atoms with Crippen molar-refractivity contribution in [2.75, 3.05) is 13.7 Å². The second-order valence-electron chi connectivity index (χ2n) is 4.59. The SMILES string of the molecule is CCOc1ccc(C(=O)c2ccc(C)c(OC)c2)c(Br)c1. The van der Waals surface area contributed by atoms with E-state index in [0.29, 0.717) is 23.5 Å². The minimum absolute atomic E-state index is 0.0526. The first-order valence-electron chi connectivity index (χ1n) is 6.68. The van der Waals surface area contributed by atoms with Gasteiger partial charge in [0, 0.05) is 15.6 Å². The number of carbonyl (C=O) groups is 1. The van der Waals surface area contributed by atoms with Gasteiger partial charge >= 0.3 is 0 Å². The van der Waals surface area contributed by atoms with Crippen molar-refractivity contribution < 1.29 is 14.3 Å². The first kappa shape index (κ1) is 15.6. The normalized spacial score (nSPS) is 10.3. The fraction of sp³-hybridized carbons (Fsp3) is 0.235. The van der Waals surface area contributed by atoms with Crippen LogP contribution in [0, 0.1) is 6.92 Å². The molecule has 0 radical (unpaired) electrons. The fourth-order valence-corrected chi connectivity index (χ4v) is 2.59. The van der Waals surface area contributed by atoms with Crippen molar-refractivity contribution in [3.63, 3.8) is 0 Å². The molecular formula is C17H17BrO3. The molecule has 0 fully saturated rings. The molecule has 0 amide bonds. The van der Waals surface area contributed by atoms with Gasteiger partial charge < -0.3 is 9.47 Å². The molecule has 21 heavy (non-hydrogen) atoms. The Morgan fingerprint density at radius 3 is 2.57 bits per heavy atom. The lowest BCUT2D eigenvalue weighted by Crippen LogP contribution is -2.04. The van der Waals surface area contributed by atoms with E-state index in [0.717, 1.165) is 15.8 Å². The van der Waals surface area contributed by atoms with Crippen LogP contribution in [0.1, 0.15) is 28.4 Å². The molecule has 0 unspecified atom stereocenters. The van der Waals surface area contributed by atoms with Gasteiger partial charge in [-0.15, -0.1) is 0 Å². The maximum absolute atomic E-state index is 12.6. The van der Waals surface area contributed by atoms with Crippen molar-refractivity contribution in [3.05, 3.63) is 57.6 Å². The predicted octanol–water partition coefficient (Wildman–Crippen LogP) is 4.40. The quantitative estimate of drug-likeness (QED) is 0.751. The van der Waals surface area contributed by atoms with E-state index in [9.17, 15) is 4.79 Å². The third kappa shape index (κ3) is 3.45. The summed E-state index contributed by atoms with van der Waals surface area (Å²) in [5.74, 6) is 1.40. The summed E-state index contributed by atoms with van der Waals surface area (Å²) < 4.78 is 11.4. The molecule has 3 nitrogen and oxygen atoms in total. The van der Waals surface area contributed by atoms with Gasteiger partial charge in [-0.05, 0) is 59.6 Å². The molecular weight excluding hydrogens is 332 g/mol. The minimum atomic E-state index is -0.0526. The van der Waals surface area contributed by atoms with Crippen LogP contribution in [0.15, 0.2) is 40.9 Å². The average molecular weight is 349 g/mol. The molecule has 0 aliphatic carbocycles. The van der Waals surface area contributed by atoms with Gasteiger partial charge in [-0.1, -0.05) is 12.1 Å². The van der Waals surface area contributed by atoms with Gasteiger partial charge in [0.15, 0.2) is 5.78 Å². The van der Waals surface area contributed by atoms with E-state index in [1.165, 1.54) is 0 Å². The van der Waals surface area contributed by atoms with Crippen LogP contribution in [0.4, 0.5) is 0 Å². The first-order valence-corrected chi connectivity index (χ1v) is 7.47. The third-order valence-corrected chi connectivity index (χ3v) is 3.82. The highest BCUT2D eigenvalue weighted by atomic mass is 79.9. The molecule has 0 aliphatic rings. The summed E-state index contributed by atoms with van der Waals surface area (Å²) in [5, 5.41) is 0. The summed E-state index contributed by atoms with van der Waals surface area (Å²) in [5.41, 5.74) is 2.20. The zero-order chi connectivity index (χ0) is 15.4. The van der Waals surface area contributed by atoms with Crippen LogP contribution < -0.4 is 9.47 Å². The maximum atomic E-state index is 12.6. The van der Waals surface area contributed by atoms with Crippen LogP contribution in [0.2, 0.25) is 0 Å². The molecule has 4 heteroatoms. The second kappa shape index (κ2) is 6.76. The average Bonchev–Trinajstić information content (AvgIpc) is 2.47. The number of methoxy groups -OCH3 is 1. The van der Waals surface area contributed by atoms with E-state index in [1.54, 1.807) is 25.3 Å². The number of rotatable bonds is 5. The number of halogens is 1. The van der Waals surface area contributed by atoms with Crippen LogP contribution in [-0.2, 0) is 0 Å². The van der Waals surface area contributed by atoms with E-state index < -0.39 is 0 Å². The number of ketones is 1. The molecule has 0 aromatic heterocycles. The number of hydrogen-bond donors (Lipinski definition) is 0. The molecule has 0 spiro atoms. The van der Waals surface area contributed by atoms with E-state index in [4.69, 9.17) is 9.47 Å².